The molecule has 0 spiro atoms. The Labute approximate surface area is 129 Å². The van der Waals surface area contributed by atoms with Crippen molar-refractivity contribution in [3.05, 3.63) is 55.1 Å². The van der Waals surface area contributed by atoms with Crippen LogP contribution in [0.25, 0.3) is 0 Å². The van der Waals surface area contributed by atoms with Crippen molar-refractivity contribution in [2.45, 2.75) is 19.4 Å². The molecule has 0 bridgehead atoms. The van der Waals surface area contributed by atoms with Crippen LogP contribution in [0, 0.1) is 0 Å². The molecule has 1 N–H and O–H groups in total. The van der Waals surface area contributed by atoms with E-state index < -0.39 is 0 Å². The Morgan fingerprint density at radius 3 is 2.78 bits per heavy atom. The van der Waals surface area contributed by atoms with E-state index in [1.165, 1.54) is 11.1 Å². The Hall–Kier alpha value is -0.160. The van der Waals surface area contributed by atoms with Crippen molar-refractivity contribution in [2.24, 2.45) is 0 Å². The van der Waals surface area contributed by atoms with Crippen LogP contribution in [0.1, 0.15) is 30.5 Å². The van der Waals surface area contributed by atoms with Gasteiger partial charge in [-0.2, -0.15) is 11.3 Å². The molecule has 0 aliphatic rings. The molecule has 4 heteroatoms. The molecular weight excluding hydrogens is 374 g/mol. The lowest BCUT2D eigenvalue weighted by Gasteiger charge is -2.20. The summed E-state index contributed by atoms with van der Waals surface area (Å²) < 4.78 is 2.25. The minimum atomic E-state index is 0.253. The van der Waals surface area contributed by atoms with Gasteiger partial charge in [-0.05, 0) is 59.1 Å². The molecule has 2 aromatic rings. The summed E-state index contributed by atoms with van der Waals surface area (Å²) in [6, 6.07) is 8.76. The lowest BCUT2D eigenvalue weighted by molar-refractivity contribution is 0.598. The van der Waals surface area contributed by atoms with Gasteiger partial charge in [0, 0.05) is 8.95 Å². The van der Waals surface area contributed by atoms with Crippen LogP contribution >= 0.6 is 43.2 Å². The highest BCUT2D eigenvalue weighted by molar-refractivity contribution is 9.11. The van der Waals surface area contributed by atoms with Gasteiger partial charge in [0.15, 0.2) is 0 Å². The van der Waals surface area contributed by atoms with Gasteiger partial charge in [-0.25, -0.2) is 0 Å². The van der Waals surface area contributed by atoms with E-state index in [-0.39, 0.29) is 6.04 Å². The molecule has 1 heterocycles. The number of halogens is 2. The monoisotopic (exact) mass is 387 g/mol. The zero-order chi connectivity index (χ0) is 13.0. The molecule has 1 aromatic heterocycles. The number of thiophene rings is 1. The van der Waals surface area contributed by atoms with Crippen molar-refractivity contribution in [1.29, 1.82) is 0 Å². The minimum absolute atomic E-state index is 0.253. The van der Waals surface area contributed by atoms with Crippen LogP contribution in [0.2, 0.25) is 0 Å². The summed E-state index contributed by atoms with van der Waals surface area (Å²) in [5.41, 5.74) is 2.60. The Balaban J connectivity index is 2.36. The maximum atomic E-state index is 3.65. The van der Waals surface area contributed by atoms with Crippen LogP contribution in [-0.4, -0.2) is 6.54 Å². The highest BCUT2D eigenvalue weighted by atomic mass is 79.9. The molecule has 1 aromatic carbocycles. The molecule has 1 unspecified atom stereocenters. The summed E-state index contributed by atoms with van der Waals surface area (Å²) in [4.78, 5) is 0. The molecule has 0 fully saturated rings. The molecular formula is C14H15Br2NS. The Morgan fingerprint density at radius 2 is 2.11 bits per heavy atom. The van der Waals surface area contributed by atoms with Gasteiger partial charge in [-0.1, -0.05) is 38.8 Å². The molecule has 0 saturated heterocycles. The molecule has 96 valence electrons. The van der Waals surface area contributed by atoms with E-state index in [1.807, 2.05) is 0 Å². The zero-order valence-corrected chi connectivity index (χ0v) is 14.1. The molecule has 2 rings (SSSR count). The molecule has 1 nitrogen and oxygen atoms in total. The first-order valence-electron chi connectivity index (χ1n) is 5.92. The molecule has 0 amide bonds. The predicted octanol–water partition coefficient (Wildman–Crippen LogP) is 5.36. The number of rotatable bonds is 5. The highest BCUT2D eigenvalue weighted by Gasteiger charge is 2.16. The summed E-state index contributed by atoms with van der Waals surface area (Å²) in [6.07, 6.45) is 1.13. The van der Waals surface area contributed by atoms with Crippen LogP contribution < -0.4 is 5.32 Å². The highest BCUT2D eigenvalue weighted by Crippen LogP contribution is 2.32. The van der Waals surface area contributed by atoms with E-state index >= 15 is 0 Å². The molecule has 1 atom stereocenters. The molecule has 0 aliphatic heterocycles. The normalized spacial score (nSPS) is 12.6. The largest absolute Gasteiger partial charge is 0.306 e. The third kappa shape index (κ3) is 3.44. The third-order valence-corrected chi connectivity index (χ3v) is 4.66. The van der Waals surface area contributed by atoms with Crippen LogP contribution in [-0.2, 0) is 0 Å². The lowest BCUT2D eigenvalue weighted by atomic mass is 10.0. The summed E-state index contributed by atoms with van der Waals surface area (Å²) in [5.74, 6) is 0. The predicted molar refractivity (Wildman–Crippen MR) is 86.3 cm³/mol. The van der Waals surface area contributed by atoms with Crippen molar-refractivity contribution >= 4 is 43.2 Å². The standard InChI is InChI=1S/C14H15Br2NS/c1-2-6-17-14(10-5-7-18-9-10)12-8-11(15)3-4-13(12)16/h3-5,7-9,14,17H,2,6H2,1H3. The first-order valence-corrected chi connectivity index (χ1v) is 8.45. The fraction of sp³-hybridized carbons (Fsp3) is 0.286. The fourth-order valence-corrected chi connectivity index (χ4v) is 3.41. The average molecular weight is 389 g/mol. The molecule has 18 heavy (non-hydrogen) atoms. The average Bonchev–Trinajstić information content (AvgIpc) is 2.88. The second kappa shape index (κ2) is 6.85. The quantitative estimate of drug-likeness (QED) is 0.726. The number of hydrogen-bond donors (Lipinski definition) is 1. The van der Waals surface area contributed by atoms with Gasteiger partial charge in [0.25, 0.3) is 0 Å². The van der Waals surface area contributed by atoms with Crippen molar-refractivity contribution < 1.29 is 0 Å². The van der Waals surface area contributed by atoms with Gasteiger partial charge in [-0.3, -0.25) is 0 Å². The molecule has 0 radical (unpaired) electrons. The van der Waals surface area contributed by atoms with Gasteiger partial charge >= 0.3 is 0 Å². The van der Waals surface area contributed by atoms with E-state index in [2.05, 4.69) is 79.1 Å². The van der Waals surface area contributed by atoms with Crippen molar-refractivity contribution in [3.8, 4) is 0 Å². The van der Waals surface area contributed by atoms with E-state index in [0.29, 0.717) is 0 Å². The second-order valence-corrected chi connectivity index (χ2v) is 6.66. The van der Waals surface area contributed by atoms with Crippen LogP contribution in [0.4, 0.5) is 0 Å². The summed E-state index contributed by atoms with van der Waals surface area (Å²) in [6.45, 7) is 3.20. The summed E-state index contributed by atoms with van der Waals surface area (Å²) >= 11 is 8.94. The van der Waals surface area contributed by atoms with E-state index in [9.17, 15) is 0 Å². The topological polar surface area (TPSA) is 12.0 Å². The van der Waals surface area contributed by atoms with Crippen LogP contribution in [0.5, 0.6) is 0 Å². The number of hydrogen-bond acceptors (Lipinski definition) is 2. The van der Waals surface area contributed by atoms with E-state index in [4.69, 9.17) is 0 Å². The lowest BCUT2D eigenvalue weighted by Crippen LogP contribution is -2.23. The second-order valence-electron chi connectivity index (χ2n) is 4.11. The van der Waals surface area contributed by atoms with Crippen molar-refractivity contribution in [1.82, 2.24) is 5.32 Å². The minimum Gasteiger partial charge on any atom is -0.306 e. The first-order chi connectivity index (χ1) is 8.72. The Bertz CT molecular complexity index is 497. The zero-order valence-electron chi connectivity index (χ0n) is 10.1. The van der Waals surface area contributed by atoms with E-state index in [1.54, 1.807) is 11.3 Å². The maximum Gasteiger partial charge on any atom is 0.0596 e. The van der Waals surface area contributed by atoms with Crippen molar-refractivity contribution in [3.63, 3.8) is 0 Å². The van der Waals surface area contributed by atoms with E-state index in [0.717, 1.165) is 21.9 Å². The summed E-state index contributed by atoms with van der Waals surface area (Å²) in [5, 5.41) is 7.95. The third-order valence-electron chi connectivity index (χ3n) is 2.74. The molecule has 0 aliphatic carbocycles. The van der Waals surface area contributed by atoms with Gasteiger partial charge in [0.1, 0.15) is 0 Å². The Morgan fingerprint density at radius 1 is 1.28 bits per heavy atom. The van der Waals surface area contributed by atoms with Gasteiger partial charge in [0.05, 0.1) is 6.04 Å². The first kappa shape index (κ1) is 14.3. The van der Waals surface area contributed by atoms with Crippen molar-refractivity contribution in [2.75, 3.05) is 6.54 Å². The van der Waals surface area contributed by atoms with Gasteiger partial charge in [-0.15, -0.1) is 0 Å². The smallest absolute Gasteiger partial charge is 0.0596 e. The van der Waals surface area contributed by atoms with Crippen LogP contribution in [0.3, 0.4) is 0 Å². The fourth-order valence-electron chi connectivity index (χ4n) is 1.87. The molecule has 0 saturated carbocycles. The van der Waals surface area contributed by atoms with Gasteiger partial charge in [0.2, 0.25) is 0 Å². The number of nitrogens with one attached hydrogen (secondary N) is 1. The Kier molecular flexibility index (Phi) is 5.42. The number of benzene rings is 1. The SMILES string of the molecule is CCCNC(c1ccsc1)c1cc(Br)ccc1Br. The van der Waals surface area contributed by atoms with Crippen LogP contribution in [0.15, 0.2) is 44.0 Å². The summed E-state index contributed by atoms with van der Waals surface area (Å²) in [7, 11) is 0. The maximum absolute atomic E-state index is 3.65. The van der Waals surface area contributed by atoms with Gasteiger partial charge < -0.3 is 5.32 Å².